The Balaban J connectivity index is 0.000000567. The number of rotatable bonds is 15. The molecule has 0 spiro atoms. The van der Waals surface area contributed by atoms with Gasteiger partial charge in [-0.05, 0) is 43.7 Å². The predicted molar refractivity (Wildman–Crippen MR) is 132 cm³/mol. The van der Waals surface area contributed by atoms with Gasteiger partial charge in [-0.2, -0.15) is 0 Å². The quantitative estimate of drug-likeness (QED) is 0.235. The van der Waals surface area contributed by atoms with Gasteiger partial charge in [-0.25, -0.2) is 0 Å². The van der Waals surface area contributed by atoms with Gasteiger partial charge in [0.25, 0.3) is 0 Å². The lowest BCUT2D eigenvalue weighted by Crippen LogP contribution is -2.44. The minimum atomic E-state index is -1.89. The van der Waals surface area contributed by atoms with E-state index >= 15 is 0 Å². The summed E-state index contributed by atoms with van der Waals surface area (Å²) in [6.07, 6.45) is 0.955. The molecule has 0 bridgehead atoms. The van der Waals surface area contributed by atoms with Crippen LogP contribution in [0.4, 0.5) is 0 Å². The third-order valence-corrected chi connectivity index (χ3v) is 9.93. The average Bonchev–Trinajstić information content (AvgIpc) is 2.74. The van der Waals surface area contributed by atoms with Crippen LogP contribution in [0.1, 0.15) is 12.5 Å². The van der Waals surface area contributed by atoms with Crippen molar-refractivity contribution in [2.75, 3.05) is 53.1 Å². The van der Waals surface area contributed by atoms with Gasteiger partial charge < -0.3 is 35.4 Å². The van der Waals surface area contributed by atoms with E-state index in [-0.39, 0.29) is 0 Å². The second-order valence-corrected chi connectivity index (χ2v) is 16.0. The molecule has 0 saturated carbocycles. The lowest BCUT2D eigenvalue weighted by Gasteiger charge is -2.26. The van der Waals surface area contributed by atoms with Gasteiger partial charge in [0.15, 0.2) is 0 Å². The fraction of sp³-hybridized carbons (Fsp3) is 0.714. The van der Waals surface area contributed by atoms with E-state index in [4.69, 9.17) is 24.7 Å². The fourth-order valence-corrected chi connectivity index (χ4v) is 6.15. The zero-order chi connectivity index (χ0) is 22.9. The Bertz CT molecular complexity index is 520. The third-order valence-electron chi connectivity index (χ3n) is 4.74. The van der Waals surface area contributed by atoms with Crippen LogP contribution < -0.4 is 22.1 Å². The van der Waals surface area contributed by atoms with E-state index < -0.39 is 16.9 Å². The van der Waals surface area contributed by atoms with Crippen molar-refractivity contribution >= 4 is 16.9 Å². The minimum absolute atomic E-state index is 0.568. The Morgan fingerprint density at radius 3 is 2.03 bits per heavy atom. The Labute approximate surface area is 186 Å². The van der Waals surface area contributed by atoms with Crippen LogP contribution in [0.25, 0.3) is 0 Å². The van der Waals surface area contributed by atoms with Crippen LogP contribution in [-0.4, -0.2) is 70.0 Å². The zero-order valence-corrected chi connectivity index (χ0v) is 22.0. The summed E-state index contributed by atoms with van der Waals surface area (Å²) in [6.45, 7) is 13.5. The first-order chi connectivity index (χ1) is 14.2. The fourth-order valence-electron chi connectivity index (χ4n) is 2.80. The first-order valence-corrected chi connectivity index (χ1v) is 16.5. The van der Waals surface area contributed by atoms with E-state index in [2.05, 4.69) is 49.3 Å². The summed E-state index contributed by atoms with van der Waals surface area (Å²) in [7, 11) is -0.0181. The Kier molecular flexibility index (Phi) is 16.6. The SMILES string of the molecule is CO[Si](C)(CC(C)CNCCN)OC.C[Si](C)(CNCCN)OCc1ccccc1. The van der Waals surface area contributed by atoms with Crippen molar-refractivity contribution in [2.24, 2.45) is 17.4 Å². The molecule has 6 N–H and O–H groups in total. The van der Waals surface area contributed by atoms with Crippen molar-refractivity contribution in [2.45, 2.75) is 39.2 Å². The van der Waals surface area contributed by atoms with Crippen LogP contribution in [0.15, 0.2) is 30.3 Å². The first-order valence-electron chi connectivity index (χ1n) is 10.8. The molecular formula is C21H46N4O3Si2. The molecule has 0 radical (unpaired) electrons. The van der Waals surface area contributed by atoms with Crippen LogP contribution in [0.3, 0.4) is 0 Å². The van der Waals surface area contributed by atoms with Gasteiger partial charge in [0.05, 0.1) is 6.61 Å². The summed E-state index contributed by atoms with van der Waals surface area (Å²) in [5.41, 5.74) is 12.1. The predicted octanol–water partition coefficient (Wildman–Crippen LogP) is 2.03. The lowest BCUT2D eigenvalue weighted by atomic mass is 10.2. The lowest BCUT2D eigenvalue weighted by molar-refractivity contribution is 0.242. The van der Waals surface area contributed by atoms with Crippen LogP contribution in [0, 0.1) is 5.92 Å². The largest absolute Gasteiger partial charge is 0.412 e. The standard InChI is InChI=1S/C12H22N2OSi.C9H24N2O2Si/c1-16(2,11-14-9-8-13)15-10-12-6-4-3-5-7-12;1-9(7-11-6-5-10)8-14(4,12-2)13-3/h3-7,14H,8-11,13H2,1-2H3;9,11H,5-8,10H2,1-4H3. The molecule has 30 heavy (non-hydrogen) atoms. The van der Waals surface area contributed by atoms with Gasteiger partial charge in [0.1, 0.15) is 0 Å². The highest BCUT2D eigenvalue weighted by Crippen LogP contribution is 2.17. The molecule has 0 aliphatic rings. The molecule has 9 heteroatoms. The zero-order valence-electron chi connectivity index (χ0n) is 20.0. The van der Waals surface area contributed by atoms with E-state index in [0.717, 1.165) is 31.8 Å². The summed E-state index contributed by atoms with van der Waals surface area (Å²) in [6, 6.07) is 11.3. The van der Waals surface area contributed by atoms with Gasteiger partial charge in [-0.15, -0.1) is 0 Å². The number of benzene rings is 1. The van der Waals surface area contributed by atoms with E-state index in [1.165, 1.54) is 5.56 Å². The Hall–Kier alpha value is -0.626. The molecule has 0 aromatic heterocycles. The van der Waals surface area contributed by atoms with Crippen molar-refractivity contribution in [3.63, 3.8) is 0 Å². The van der Waals surface area contributed by atoms with Gasteiger partial charge in [0, 0.05) is 46.6 Å². The van der Waals surface area contributed by atoms with Crippen LogP contribution in [-0.2, 0) is 19.9 Å². The maximum Gasteiger partial charge on any atom is 0.334 e. The smallest absolute Gasteiger partial charge is 0.334 e. The van der Waals surface area contributed by atoms with Crippen LogP contribution in [0.5, 0.6) is 0 Å². The van der Waals surface area contributed by atoms with Gasteiger partial charge >= 0.3 is 8.56 Å². The summed E-state index contributed by atoms with van der Waals surface area (Å²) >= 11 is 0. The van der Waals surface area contributed by atoms with Crippen LogP contribution >= 0.6 is 0 Å². The summed E-state index contributed by atoms with van der Waals surface area (Å²) in [5, 5.41) is 6.62. The van der Waals surface area contributed by atoms with Crippen molar-refractivity contribution in [3.8, 4) is 0 Å². The molecule has 1 aromatic rings. The van der Waals surface area contributed by atoms with Crippen molar-refractivity contribution in [3.05, 3.63) is 35.9 Å². The molecule has 1 aromatic carbocycles. The molecule has 0 fully saturated rings. The number of nitrogens with one attached hydrogen (secondary N) is 2. The normalized spacial score (nSPS) is 12.9. The molecule has 0 aliphatic carbocycles. The van der Waals surface area contributed by atoms with Gasteiger partial charge in [-0.1, -0.05) is 37.3 Å². The molecular weight excluding hydrogens is 412 g/mol. The molecule has 1 rings (SSSR count). The van der Waals surface area contributed by atoms with E-state index in [1.54, 1.807) is 14.2 Å². The average molecular weight is 459 g/mol. The molecule has 0 saturated heterocycles. The molecule has 1 unspecified atom stereocenters. The first kappa shape index (κ1) is 29.4. The summed E-state index contributed by atoms with van der Waals surface area (Å²) in [5.74, 6) is 0.568. The molecule has 0 heterocycles. The highest BCUT2D eigenvalue weighted by molar-refractivity contribution is 6.71. The van der Waals surface area contributed by atoms with Crippen LogP contribution in [0.2, 0.25) is 25.7 Å². The highest BCUT2D eigenvalue weighted by atomic mass is 28.4. The molecule has 0 amide bonds. The number of hydrogen-bond acceptors (Lipinski definition) is 7. The van der Waals surface area contributed by atoms with Gasteiger partial charge in [0.2, 0.25) is 8.32 Å². The van der Waals surface area contributed by atoms with E-state index in [1.807, 2.05) is 18.2 Å². The molecule has 0 aliphatic heterocycles. The second kappa shape index (κ2) is 17.0. The monoisotopic (exact) mass is 458 g/mol. The Morgan fingerprint density at radius 2 is 1.50 bits per heavy atom. The van der Waals surface area contributed by atoms with E-state index in [0.29, 0.717) is 25.6 Å². The van der Waals surface area contributed by atoms with Crippen molar-refractivity contribution < 1.29 is 13.3 Å². The summed E-state index contributed by atoms with van der Waals surface area (Å²) < 4.78 is 16.9. The molecule has 1 atom stereocenters. The second-order valence-electron chi connectivity index (χ2n) is 8.34. The third kappa shape index (κ3) is 15.2. The summed E-state index contributed by atoms with van der Waals surface area (Å²) in [4.78, 5) is 0. The topological polar surface area (TPSA) is 104 Å². The molecule has 176 valence electrons. The molecule has 7 nitrogen and oxygen atoms in total. The van der Waals surface area contributed by atoms with Crippen molar-refractivity contribution in [1.82, 2.24) is 10.6 Å². The number of nitrogens with two attached hydrogens (primary N) is 2. The van der Waals surface area contributed by atoms with Crippen molar-refractivity contribution in [1.29, 1.82) is 0 Å². The minimum Gasteiger partial charge on any atom is -0.412 e. The number of hydrogen-bond donors (Lipinski definition) is 4. The maximum absolute atomic E-state index is 6.00. The maximum atomic E-state index is 6.00. The van der Waals surface area contributed by atoms with E-state index in [9.17, 15) is 0 Å². The van der Waals surface area contributed by atoms with Gasteiger partial charge in [-0.3, -0.25) is 0 Å². The Morgan fingerprint density at radius 1 is 0.933 bits per heavy atom. The highest BCUT2D eigenvalue weighted by Gasteiger charge is 2.30.